The van der Waals surface area contributed by atoms with E-state index in [2.05, 4.69) is 0 Å². The van der Waals surface area contributed by atoms with Gasteiger partial charge >= 0.3 is 0 Å². The zero-order valence-corrected chi connectivity index (χ0v) is 4.21. The van der Waals surface area contributed by atoms with Crippen molar-refractivity contribution in [2.45, 2.75) is 0 Å². The summed E-state index contributed by atoms with van der Waals surface area (Å²) in [4.78, 5) is 0. The predicted octanol–water partition coefficient (Wildman–Crippen LogP) is 1.06. The largest absolute Gasteiger partial charge is 0.289 e. The Kier molecular flexibility index (Phi) is 1.30. The minimum absolute atomic E-state index is 0.368. The van der Waals surface area contributed by atoms with E-state index in [0.717, 1.165) is 11.3 Å². The molecule has 0 spiro atoms. The lowest BCUT2D eigenvalue weighted by Gasteiger charge is -2.10. The Morgan fingerprint density at radius 3 is 2.88 bits per heavy atom. The van der Waals surface area contributed by atoms with Crippen molar-refractivity contribution in [3.05, 3.63) is 24.2 Å². The van der Waals surface area contributed by atoms with Crippen LogP contribution in [0.1, 0.15) is 0 Å². The highest BCUT2D eigenvalue weighted by Crippen LogP contribution is 2.04. The number of allylic oxidation sites excluding steroid dienone is 2. The maximum atomic E-state index is 12.0. The molecule has 0 unspecified atom stereocenters. The lowest BCUT2D eigenvalue weighted by atomic mass is 10.4. The fourth-order valence-corrected chi connectivity index (χ4v) is 0.511. The number of rotatable bonds is 0. The highest BCUT2D eigenvalue weighted by molar-refractivity contribution is 5.13. The molecule has 0 atom stereocenters. The van der Waals surface area contributed by atoms with Gasteiger partial charge in [0.15, 0.2) is 0 Å². The minimum Gasteiger partial charge on any atom is -0.289 e. The van der Waals surface area contributed by atoms with Crippen LogP contribution in [-0.2, 0) is 0 Å². The number of hydrogen-bond donors (Lipinski definition) is 1. The van der Waals surface area contributed by atoms with Gasteiger partial charge < -0.3 is 0 Å². The van der Waals surface area contributed by atoms with E-state index in [1.54, 1.807) is 0 Å². The Morgan fingerprint density at radius 1 is 1.75 bits per heavy atom. The van der Waals surface area contributed by atoms with E-state index in [4.69, 9.17) is 5.21 Å². The molecule has 1 N–H and O–H groups in total. The summed E-state index contributed by atoms with van der Waals surface area (Å²) in [5, 5.41) is 9.33. The molecule has 0 saturated carbocycles. The van der Waals surface area contributed by atoms with Gasteiger partial charge in [-0.1, -0.05) is 6.08 Å². The Morgan fingerprint density at radius 2 is 2.50 bits per heavy atom. The number of halogens is 1. The van der Waals surface area contributed by atoms with Crippen molar-refractivity contribution in [2.75, 3.05) is 6.54 Å². The van der Waals surface area contributed by atoms with Crippen LogP contribution >= 0.6 is 0 Å². The maximum absolute atomic E-state index is 12.0. The zero-order valence-electron chi connectivity index (χ0n) is 4.21. The molecule has 0 aromatic rings. The van der Waals surface area contributed by atoms with Gasteiger partial charge in [-0.05, 0) is 6.08 Å². The lowest BCUT2D eigenvalue weighted by Crippen LogP contribution is -2.13. The summed E-state index contributed by atoms with van der Waals surface area (Å²) in [5.74, 6) is -0.418. The molecule has 0 saturated heterocycles. The molecule has 1 rings (SSSR count). The van der Waals surface area contributed by atoms with Crippen molar-refractivity contribution in [1.29, 1.82) is 0 Å². The first-order valence-corrected chi connectivity index (χ1v) is 2.28. The van der Waals surface area contributed by atoms with Crippen LogP contribution in [0, 0.1) is 0 Å². The van der Waals surface area contributed by atoms with Crippen molar-refractivity contribution in [2.24, 2.45) is 0 Å². The summed E-state index contributed by atoms with van der Waals surface area (Å²) in [6, 6.07) is 0. The molecule has 0 aliphatic carbocycles. The van der Waals surface area contributed by atoms with Crippen molar-refractivity contribution < 1.29 is 9.60 Å². The van der Waals surface area contributed by atoms with Crippen LogP contribution in [0.5, 0.6) is 0 Å². The van der Waals surface area contributed by atoms with Crippen LogP contribution in [0.4, 0.5) is 4.39 Å². The number of hydrogen-bond acceptors (Lipinski definition) is 2. The summed E-state index contributed by atoms with van der Waals surface area (Å²) in [6.07, 6.45) is 3.88. The van der Waals surface area contributed by atoms with Crippen LogP contribution in [0.15, 0.2) is 24.2 Å². The second-order valence-electron chi connectivity index (χ2n) is 1.54. The molecule has 0 aromatic heterocycles. The molecule has 3 heteroatoms. The molecule has 1 heterocycles. The third-order valence-electron chi connectivity index (χ3n) is 0.842. The zero-order chi connectivity index (χ0) is 5.98. The first kappa shape index (κ1) is 5.31. The molecule has 0 radical (unpaired) electrons. The van der Waals surface area contributed by atoms with Crippen molar-refractivity contribution in [3.63, 3.8) is 0 Å². The molecular weight excluding hydrogens is 109 g/mol. The highest BCUT2D eigenvalue weighted by Gasteiger charge is 1.98. The van der Waals surface area contributed by atoms with E-state index < -0.39 is 5.83 Å². The van der Waals surface area contributed by atoms with E-state index >= 15 is 0 Å². The fourth-order valence-electron chi connectivity index (χ4n) is 0.511. The number of hydroxylamine groups is 2. The van der Waals surface area contributed by atoms with Crippen LogP contribution in [-0.4, -0.2) is 16.8 Å². The van der Waals surface area contributed by atoms with Gasteiger partial charge in [-0.2, -0.15) is 0 Å². The summed E-state index contributed by atoms with van der Waals surface area (Å²) in [6.45, 7) is 0.368. The van der Waals surface area contributed by atoms with E-state index in [1.807, 2.05) is 0 Å². The first-order chi connectivity index (χ1) is 3.79. The van der Waals surface area contributed by atoms with Crippen molar-refractivity contribution in [1.82, 2.24) is 5.06 Å². The maximum Gasteiger partial charge on any atom is 0.141 e. The topological polar surface area (TPSA) is 23.5 Å². The average molecular weight is 115 g/mol. The summed E-state index contributed by atoms with van der Waals surface area (Å²) >= 11 is 0. The van der Waals surface area contributed by atoms with Crippen LogP contribution in [0.25, 0.3) is 0 Å². The van der Waals surface area contributed by atoms with Gasteiger partial charge in [-0.3, -0.25) is 10.3 Å². The van der Waals surface area contributed by atoms with E-state index in [-0.39, 0.29) is 0 Å². The Labute approximate surface area is 46.5 Å². The van der Waals surface area contributed by atoms with E-state index in [1.165, 1.54) is 12.2 Å². The Balaban J connectivity index is 2.63. The molecular formula is C5H6FNO. The molecule has 1 aliphatic rings. The monoisotopic (exact) mass is 115 g/mol. The van der Waals surface area contributed by atoms with Gasteiger partial charge in [0, 0.05) is 0 Å². The standard InChI is InChI=1S/C5H6FNO/c6-5-2-1-3-7(8)4-5/h1-2,4,8H,3H2. The van der Waals surface area contributed by atoms with Gasteiger partial charge in [-0.25, -0.2) is 4.39 Å². The SMILES string of the molecule is ON1C=C(F)C=CC1. The molecule has 0 amide bonds. The molecule has 44 valence electrons. The summed E-state index contributed by atoms with van der Waals surface area (Å²) in [7, 11) is 0. The van der Waals surface area contributed by atoms with Crippen LogP contribution < -0.4 is 0 Å². The molecule has 0 fully saturated rings. The third kappa shape index (κ3) is 1.07. The van der Waals surface area contributed by atoms with Crippen LogP contribution in [0.3, 0.4) is 0 Å². The van der Waals surface area contributed by atoms with Gasteiger partial charge in [0.05, 0.1) is 12.7 Å². The van der Waals surface area contributed by atoms with Gasteiger partial charge in [0.25, 0.3) is 0 Å². The normalized spacial score (nSPS) is 18.8. The molecule has 8 heavy (non-hydrogen) atoms. The molecule has 2 nitrogen and oxygen atoms in total. The van der Waals surface area contributed by atoms with Crippen molar-refractivity contribution >= 4 is 0 Å². The smallest absolute Gasteiger partial charge is 0.141 e. The molecule has 0 bridgehead atoms. The summed E-state index contributed by atoms with van der Waals surface area (Å²) < 4.78 is 12.0. The highest BCUT2D eigenvalue weighted by atomic mass is 19.1. The quantitative estimate of drug-likeness (QED) is 0.510. The molecule has 1 aliphatic heterocycles. The summed E-state index contributed by atoms with van der Waals surface area (Å²) in [5.41, 5.74) is 0. The van der Waals surface area contributed by atoms with Crippen LogP contribution in [0.2, 0.25) is 0 Å². The van der Waals surface area contributed by atoms with E-state index in [0.29, 0.717) is 6.54 Å². The Bertz CT molecular complexity index is 141. The van der Waals surface area contributed by atoms with Crippen molar-refractivity contribution in [3.8, 4) is 0 Å². The van der Waals surface area contributed by atoms with E-state index in [9.17, 15) is 4.39 Å². The third-order valence-corrected chi connectivity index (χ3v) is 0.842. The second-order valence-corrected chi connectivity index (χ2v) is 1.54. The predicted molar refractivity (Wildman–Crippen MR) is 26.8 cm³/mol. The average Bonchev–Trinajstić information content (AvgIpc) is 1.64. The fraction of sp³-hybridized carbons (Fsp3) is 0.200. The van der Waals surface area contributed by atoms with Gasteiger partial charge in [0.1, 0.15) is 5.83 Å². The minimum atomic E-state index is -0.418. The van der Waals surface area contributed by atoms with Gasteiger partial charge in [0.2, 0.25) is 0 Å². The lowest BCUT2D eigenvalue weighted by molar-refractivity contribution is -0.0325. The number of nitrogens with zero attached hydrogens (tertiary/aromatic N) is 1. The Hall–Kier alpha value is -0.830. The second kappa shape index (κ2) is 1.96. The first-order valence-electron chi connectivity index (χ1n) is 2.28. The van der Waals surface area contributed by atoms with Gasteiger partial charge in [-0.15, -0.1) is 0 Å². The molecule has 0 aromatic carbocycles.